The molecule has 13 heteroatoms. The van der Waals surface area contributed by atoms with Gasteiger partial charge in [-0.2, -0.15) is 17.5 Å². The molecule has 0 aromatic heterocycles. The van der Waals surface area contributed by atoms with E-state index in [1.165, 1.54) is 13.0 Å². The Labute approximate surface area is 174 Å². The zero-order chi connectivity index (χ0) is 22.9. The van der Waals surface area contributed by atoms with E-state index >= 15 is 0 Å². The lowest BCUT2D eigenvalue weighted by Gasteiger charge is -2.18. The first-order valence-corrected chi connectivity index (χ1v) is 9.93. The molecule has 0 heterocycles. The number of rotatable bonds is 6. The van der Waals surface area contributed by atoms with Gasteiger partial charge in [-0.3, -0.25) is 14.9 Å². The summed E-state index contributed by atoms with van der Waals surface area (Å²) in [5.41, 5.74) is -1.61. The number of hydrogen-bond acceptors (Lipinski definition) is 5. The Balaban J connectivity index is 2.22. The van der Waals surface area contributed by atoms with E-state index < -0.39 is 49.8 Å². The first-order valence-electron chi connectivity index (χ1n) is 8.11. The molecule has 0 aliphatic rings. The molecule has 0 saturated carbocycles. The molecule has 1 N–H and O–H groups in total. The van der Waals surface area contributed by atoms with Crippen molar-refractivity contribution in [2.24, 2.45) is 0 Å². The highest BCUT2D eigenvalue weighted by molar-refractivity contribution is 7.89. The van der Waals surface area contributed by atoms with Crippen molar-refractivity contribution in [1.82, 2.24) is 4.31 Å². The highest BCUT2D eigenvalue weighted by Gasteiger charge is 2.33. The lowest BCUT2D eigenvalue weighted by atomic mass is 10.2. The molecular formula is C17H15ClF3N3O5S. The number of alkyl halides is 3. The van der Waals surface area contributed by atoms with Gasteiger partial charge in [0.05, 0.1) is 26.9 Å². The minimum atomic E-state index is -4.74. The number of nitrogens with one attached hydrogen (secondary N) is 1. The fraction of sp³-hybridized carbons (Fsp3) is 0.235. The molecule has 8 nitrogen and oxygen atoms in total. The largest absolute Gasteiger partial charge is 0.417 e. The third kappa shape index (κ3) is 5.26. The molecule has 30 heavy (non-hydrogen) atoms. The van der Waals surface area contributed by atoms with Gasteiger partial charge in [0.2, 0.25) is 15.9 Å². The first kappa shape index (κ1) is 23.6. The summed E-state index contributed by atoms with van der Waals surface area (Å²) in [4.78, 5) is 22.0. The van der Waals surface area contributed by atoms with Crippen molar-refractivity contribution in [3.05, 3.63) is 62.7 Å². The van der Waals surface area contributed by atoms with Crippen LogP contribution in [0, 0.1) is 17.0 Å². The normalized spacial score (nSPS) is 12.1. The number of hydrogen-bond donors (Lipinski definition) is 1. The zero-order valence-electron chi connectivity index (χ0n) is 15.5. The molecule has 0 aliphatic heterocycles. The molecule has 1 amide bonds. The molecule has 0 bridgehead atoms. The SMILES string of the molecule is Cc1ccc([N+](=O)[O-])cc1S(=O)(=O)N(C)CC(=O)Nc1ccc(Cl)c(C(F)(F)F)c1. The highest BCUT2D eigenvalue weighted by atomic mass is 35.5. The minimum absolute atomic E-state index is 0.223. The Morgan fingerprint density at radius 1 is 1.23 bits per heavy atom. The van der Waals surface area contributed by atoms with Gasteiger partial charge in [0.25, 0.3) is 5.69 Å². The predicted octanol–water partition coefficient (Wildman–Crippen LogP) is 3.83. The molecule has 2 aromatic carbocycles. The number of aryl methyl sites for hydroxylation is 1. The van der Waals surface area contributed by atoms with Crippen molar-refractivity contribution in [3.63, 3.8) is 0 Å². The lowest BCUT2D eigenvalue weighted by Crippen LogP contribution is -2.35. The second-order valence-electron chi connectivity index (χ2n) is 6.21. The van der Waals surface area contributed by atoms with Gasteiger partial charge in [-0.1, -0.05) is 17.7 Å². The number of nitrogens with zero attached hydrogens (tertiary/aromatic N) is 2. The fourth-order valence-electron chi connectivity index (χ4n) is 2.46. The van der Waals surface area contributed by atoms with Crippen molar-refractivity contribution in [2.45, 2.75) is 18.0 Å². The Morgan fingerprint density at radius 3 is 2.43 bits per heavy atom. The quantitative estimate of drug-likeness (QED) is 0.515. The monoisotopic (exact) mass is 465 g/mol. The van der Waals surface area contributed by atoms with E-state index in [2.05, 4.69) is 5.32 Å². The van der Waals surface area contributed by atoms with Gasteiger partial charge < -0.3 is 5.32 Å². The number of carbonyl (C=O) groups is 1. The van der Waals surface area contributed by atoms with Crippen molar-refractivity contribution < 1.29 is 31.3 Å². The summed E-state index contributed by atoms with van der Waals surface area (Å²) in [6.07, 6.45) is -4.74. The lowest BCUT2D eigenvalue weighted by molar-refractivity contribution is -0.385. The van der Waals surface area contributed by atoms with Crippen molar-refractivity contribution in [1.29, 1.82) is 0 Å². The molecule has 0 radical (unpaired) electrons. The zero-order valence-corrected chi connectivity index (χ0v) is 17.1. The molecule has 0 saturated heterocycles. The van der Waals surface area contributed by atoms with Crippen LogP contribution >= 0.6 is 11.6 Å². The highest BCUT2D eigenvalue weighted by Crippen LogP contribution is 2.36. The van der Waals surface area contributed by atoms with Crippen LogP contribution in [0.4, 0.5) is 24.5 Å². The maximum Gasteiger partial charge on any atom is 0.417 e. The number of amides is 1. The molecule has 0 spiro atoms. The van der Waals surface area contributed by atoms with E-state index in [0.29, 0.717) is 10.4 Å². The van der Waals surface area contributed by atoms with Crippen molar-refractivity contribution in [2.75, 3.05) is 18.9 Å². The van der Waals surface area contributed by atoms with E-state index in [4.69, 9.17) is 11.6 Å². The van der Waals surface area contributed by atoms with Crippen LogP contribution < -0.4 is 5.32 Å². The topological polar surface area (TPSA) is 110 Å². The van der Waals surface area contributed by atoms with Crippen molar-refractivity contribution >= 4 is 38.9 Å². The first-order chi connectivity index (χ1) is 13.7. The Morgan fingerprint density at radius 2 is 1.87 bits per heavy atom. The average Bonchev–Trinajstić information content (AvgIpc) is 2.62. The smallest absolute Gasteiger partial charge is 0.325 e. The van der Waals surface area contributed by atoms with Gasteiger partial charge >= 0.3 is 6.18 Å². The van der Waals surface area contributed by atoms with Crippen LogP contribution in [0.25, 0.3) is 0 Å². The number of nitro groups is 1. The predicted molar refractivity (Wildman–Crippen MR) is 103 cm³/mol. The Kier molecular flexibility index (Phi) is 6.74. The summed E-state index contributed by atoms with van der Waals surface area (Å²) in [5.74, 6) is -0.917. The number of anilines is 1. The molecule has 0 atom stereocenters. The van der Waals surface area contributed by atoms with Crippen LogP contribution in [0.15, 0.2) is 41.3 Å². The van der Waals surface area contributed by atoms with Crippen LogP contribution in [0.5, 0.6) is 0 Å². The van der Waals surface area contributed by atoms with E-state index in [-0.39, 0.29) is 16.1 Å². The van der Waals surface area contributed by atoms with Crippen LogP contribution in [0.2, 0.25) is 5.02 Å². The minimum Gasteiger partial charge on any atom is -0.325 e. The van der Waals surface area contributed by atoms with Gasteiger partial charge in [0.1, 0.15) is 0 Å². The number of benzene rings is 2. The Hall–Kier alpha value is -2.70. The number of likely N-dealkylation sites (N-methyl/N-ethyl adjacent to an activating group) is 1. The molecule has 0 unspecified atom stereocenters. The summed E-state index contributed by atoms with van der Waals surface area (Å²) in [6.45, 7) is 0.686. The average molecular weight is 466 g/mol. The molecule has 2 rings (SSSR count). The number of sulfonamides is 1. The second-order valence-corrected chi connectivity index (χ2v) is 8.63. The van der Waals surface area contributed by atoms with E-state index in [0.717, 1.165) is 31.3 Å². The van der Waals surface area contributed by atoms with Crippen LogP contribution in [-0.2, 0) is 21.0 Å². The van der Waals surface area contributed by atoms with Gasteiger partial charge in [-0.25, -0.2) is 8.42 Å². The summed E-state index contributed by atoms with van der Waals surface area (Å²) in [7, 11) is -3.22. The summed E-state index contributed by atoms with van der Waals surface area (Å²) in [5, 5.41) is 12.5. The van der Waals surface area contributed by atoms with E-state index in [1.54, 1.807) is 0 Å². The van der Waals surface area contributed by atoms with Crippen LogP contribution in [-0.4, -0.2) is 37.1 Å². The molecule has 0 fully saturated rings. The van der Waals surface area contributed by atoms with Gasteiger partial charge in [0.15, 0.2) is 0 Å². The standard InChI is InChI=1S/C17H15ClF3N3O5S/c1-10-3-5-12(24(26)27)8-15(10)30(28,29)23(2)9-16(25)22-11-4-6-14(18)13(7-11)17(19,20)21/h3-8H,9H2,1-2H3,(H,22,25). The maximum atomic E-state index is 12.9. The molecule has 0 aliphatic carbocycles. The van der Waals surface area contributed by atoms with Gasteiger partial charge in [-0.15, -0.1) is 0 Å². The molecule has 2 aromatic rings. The molecular weight excluding hydrogens is 451 g/mol. The molecule has 162 valence electrons. The third-order valence-corrected chi connectivity index (χ3v) is 6.27. The van der Waals surface area contributed by atoms with E-state index in [9.17, 15) is 36.5 Å². The number of halogens is 4. The van der Waals surface area contributed by atoms with Crippen LogP contribution in [0.3, 0.4) is 0 Å². The number of carbonyl (C=O) groups excluding carboxylic acids is 1. The van der Waals surface area contributed by atoms with E-state index in [1.807, 2.05) is 0 Å². The summed E-state index contributed by atoms with van der Waals surface area (Å²) < 4.78 is 64.8. The van der Waals surface area contributed by atoms with Crippen molar-refractivity contribution in [3.8, 4) is 0 Å². The van der Waals surface area contributed by atoms with Crippen LogP contribution in [0.1, 0.15) is 11.1 Å². The third-order valence-electron chi connectivity index (χ3n) is 3.99. The fourth-order valence-corrected chi connectivity index (χ4v) is 4.05. The maximum absolute atomic E-state index is 12.9. The Bertz CT molecular complexity index is 1110. The number of nitro benzene ring substituents is 1. The summed E-state index contributed by atoms with van der Waals surface area (Å²) >= 11 is 5.51. The summed E-state index contributed by atoms with van der Waals surface area (Å²) in [6, 6.07) is 5.97. The van der Waals surface area contributed by atoms with Gasteiger partial charge in [0, 0.05) is 24.9 Å². The number of non-ortho nitro benzene ring substituents is 1. The van der Waals surface area contributed by atoms with Gasteiger partial charge in [-0.05, 0) is 30.7 Å². The second kappa shape index (κ2) is 8.58.